The van der Waals surface area contributed by atoms with Gasteiger partial charge >= 0.3 is 0 Å². The summed E-state index contributed by atoms with van der Waals surface area (Å²) >= 11 is 6.74. The van der Waals surface area contributed by atoms with Crippen LogP contribution < -0.4 is 4.90 Å². The fraction of sp³-hybridized carbons (Fsp3) is 0.192. The number of amides is 3. The topological polar surface area (TPSA) is 74.1 Å². The van der Waals surface area contributed by atoms with Crippen molar-refractivity contribution in [1.29, 1.82) is 0 Å². The fourth-order valence-electron chi connectivity index (χ4n) is 4.05. The third-order valence-corrected chi connectivity index (χ3v) is 7.11. The van der Waals surface area contributed by atoms with E-state index in [2.05, 4.69) is 4.90 Å². The van der Waals surface area contributed by atoms with E-state index < -0.39 is 11.1 Å². The van der Waals surface area contributed by atoms with Crippen LogP contribution in [0.25, 0.3) is 17.4 Å². The molecule has 0 saturated carbocycles. The predicted molar refractivity (Wildman–Crippen MR) is 137 cm³/mol. The van der Waals surface area contributed by atoms with Crippen LogP contribution in [0.4, 0.5) is 10.5 Å². The van der Waals surface area contributed by atoms with E-state index in [1.807, 2.05) is 42.5 Å². The smallest absolute Gasteiger partial charge is 0.294 e. The van der Waals surface area contributed by atoms with Crippen LogP contribution in [0, 0.1) is 0 Å². The van der Waals surface area contributed by atoms with Crippen molar-refractivity contribution < 1.29 is 18.8 Å². The predicted octanol–water partition coefficient (Wildman–Crippen LogP) is 4.99. The SMILES string of the molecule is O=C(CN1C(=O)S/C(=C/c2ccc(-c3ccc(Cl)cc3)o2)C1=O)N1CCN(c2ccccc2)CC1. The first kappa shape index (κ1) is 23.3. The van der Waals surface area contributed by atoms with E-state index in [9.17, 15) is 14.4 Å². The Bertz CT molecular complexity index is 1280. The molecular weight excluding hydrogens is 486 g/mol. The maximum atomic E-state index is 12.9. The van der Waals surface area contributed by atoms with Crippen molar-refractivity contribution in [1.82, 2.24) is 9.80 Å². The number of carbonyl (C=O) groups excluding carboxylic acids is 3. The molecule has 178 valence electrons. The second kappa shape index (κ2) is 10.0. The highest BCUT2D eigenvalue weighted by Crippen LogP contribution is 2.33. The number of para-hydroxylation sites is 1. The number of benzene rings is 2. The van der Waals surface area contributed by atoms with E-state index in [-0.39, 0.29) is 17.4 Å². The molecule has 2 saturated heterocycles. The van der Waals surface area contributed by atoms with E-state index in [4.69, 9.17) is 16.0 Å². The molecule has 0 bridgehead atoms. The minimum atomic E-state index is -0.485. The maximum Gasteiger partial charge on any atom is 0.294 e. The number of furan rings is 1. The van der Waals surface area contributed by atoms with Gasteiger partial charge < -0.3 is 14.2 Å². The molecule has 7 nitrogen and oxygen atoms in total. The number of imide groups is 1. The number of nitrogens with zero attached hydrogens (tertiary/aromatic N) is 3. The summed E-state index contributed by atoms with van der Waals surface area (Å²) in [6.07, 6.45) is 1.54. The van der Waals surface area contributed by atoms with Gasteiger partial charge in [-0.15, -0.1) is 0 Å². The molecule has 5 rings (SSSR count). The monoisotopic (exact) mass is 507 g/mol. The molecule has 0 N–H and O–H groups in total. The van der Waals surface area contributed by atoms with Gasteiger partial charge in [0.25, 0.3) is 11.1 Å². The largest absolute Gasteiger partial charge is 0.457 e. The van der Waals surface area contributed by atoms with Crippen LogP contribution in [0.1, 0.15) is 5.76 Å². The summed E-state index contributed by atoms with van der Waals surface area (Å²) in [5.74, 6) is 0.353. The third kappa shape index (κ3) is 5.13. The number of hydrogen-bond donors (Lipinski definition) is 0. The molecule has 1 aromatic heterocycles. The van der Waals surface area contributed by atoms with E-state index in [1.54, 1.807) is 29.2 Å². The molecule has 0 aliphatic carbocycles. The molecule has 2 aliphatic rings. The van der Waals surface area contributed by atoms with Crippen molar-refractivity contribution in [3.05, 3.63) is 82.4 Å². The van der Waals surface area contributed by atoms with Crippen LogP contribution in [-0.2, 0) is 9.59 Å². The second-order valence-electron chi connectivity index (χ2n) is 8.18. The summed E-state index contributed by atoms with van der Waals surface area (Å²) in [6, 6.07) is 20.8. The Labute approximate surface area is 211 Å². The molecule has 2 aliphatic heterocycles. The van der Waals surface area contributed by atoms with Gasteiger partial charge in [0.1, 0.15) is 18.1 Å². The molecule has 0 atom stereocenters. The Morgan fingerprint density at radius 2 is 1.66 bits per heavy atom. The van der Waals surface area contributed by atoms with E-state index in [0.717, 1.165) is 27.9 Å². The number of thioether (sulfide) groups is 1. The lowest BCUT2D eigenvalue weighted by Crippen LogP contribution is -2.51. The zero-order chi connectivity index (χ0) is 24.4. The number of piperazine rings is 1. The van der Waals surface area contributed by atoms with Crippen molar-refractivity contribution >= 4 is 52.2 Å². The molecule has 3 amide bonds. The van der Waals surface area contributed by atoms with Gasteiger partial charge in [-0.05, 0) is 60.3 Å². The first-order chi connectivity index (χ1) is 17.0. The van der Waals surface area contributed by atoms with Gasteiger partial charge in [0, 0.05) is 48.5 Å². The van der Waals surface area contributed by atoms with Crippen LogP contribution in [0.15, 0.2) is 76.1 Å². The van der Waals surface area contributed by atoms with Crippen molar-refractivity contribution in [2.45, 2.75) is 0 Å². The molecule has 35 heavy (non-hydrogen) atoms. The molecule has 3 heterocycles. The van der Waals surface area contributed by atoms with Crippen LogP contribution in [0.3, 0.4) is 0 Å². The average molecular weight is 508 g/mol. The Kier molecular flexibility index (Phi) is 6.66. The van der Waals surface area contributed by atoms with Gasteiger partial charge in [-0.25, -0.2) is 0 Å². The van der Waals surface area contributed by atoms with Gasteiger partial charge in [0.05, 0.1) is 4.91 Å². The Balaban J connectivity index is 1.20. The molecule has 2 fully saturated rings. The lowest BCUT2D eigenvalue weighted by atomic mass is 10.2. The van der Waals surface area contributed by atoms with Gasteiger partial charge in [0.2, 0.25) is 5.91 Å². The standard InChI is InChI=1S/C26H22ClN3O4S/c27-19-8-6-18(7-9-19)22-11-10-21(34-22)16-23-25(32)30(26(33)35-23)17-24(31)29-14-12-28(13-15-29)20-4-2-1-3-5-20/h1-11,16H,12-15,17H2/b23-16+. The summed E-state index contributed by atoms with van der Waals surface area (Å²) in [5, 5.41) is 0.170. The maximum absolute atomic E-state index is 12.9. The number of hydrogen-bond acceptors (Lipinski definition) is 6. The highest BCUT2D eigenvalue weighted by molar-refractivity contribution is 8.18. The first-order valence-electron chi connectivity index (χ1n) is 11.2. The van der Waals surface area contributed by atoms with Crippen LogP contribution in [0.2, 0.25) is 5.02 Å². The highest BCUT2D eigenvalue weighted by Gasteiger charge is 2.37. The fourth-order valence-corrected chi connectivity index (χ4v) is 5.00. The molecule has 0 spiro atoms. The van der Waals surface area contributed by atoms with Crippen LogP contribution >= 0.6 is 23.4 Å². The first-order valence-corrected chi connectivity index (χ1v) is 12.4. The Morgan fingerprint density at radius 1 is 0.943 bits per heavy atom. The van der Waals surface area contributed by atoms with E-state index >= 15 is 0 Å². The van der Waals surface area contributed by atoms with Crippen molar-refractivity contribution in [3.63, 3.8) is 0 Å². The molecule has 0 unspecified atom stereocenters. The lowest BCUT2D eigenvalue weighted by molar-refractivity contribution is -0.136. The summed E-state index contributed by atoms with van der Waals surface area (Å²) in [4.78, 5) is 43.4. The third-order valence-electron chi connectivity index (χ3n) is 5.95. The molecular formula is C26H22ClN3O4S. The zero-order valence-electron chi connectivity index (χ0n) is 18.7. The number of rotatable bonds is 5. The number of carbonyl (C=O) groups is 3. The van der Waals surface area contributed by atoms with Crippen molar-refractivity contribution in [2.75, 3.05) is 37.6 Å². The van der Waals surface area contributed by atoms with Crippen LogP contribution in [-0.4, -0.2) is 59.6 Å². The number of anilines is 1. The van der Waals surface area contributed by atoms with Gasteiger partial charge in [-0.3, -0.25) is 19.3 Å². The summed E-state index contributed by atoms with van der Waals surface area (Å²) in [7, 11) is 0. The Morgan fingerprint density at radius 3 is 2.37 bits per heavy atom. The zero-order valence-corrected chi connectivity index (χ0v) is 20.3. The summed E-state index contributed by atoms with van der Waals surface area (Å²) in [5.41, 5.74) is 1.97. The lowest BCUT2D eigenvalue weighted by Gasteiger charge is -2.36. The minimum Gasteiger partial charge on any atom is -0.457 e. The van der Waals surface area contributed by atoms with Crippen molar-refractivity contribution in [2.24, 2.45) is 0 Å². The Hall–Kier alpha value is -3.49. The van der Waals surface area contributed by atoms with Crippen LogP contribution in [0.5, 0.6) is 0 Å². The molecule has 3 aromatic rings. The average Bonchev–Trinajstić information content (AvgIpc) is 3.45. The molecule has 2 aromatic carbocycles. The van der Waals surface area contributed by atoms with E-state index in [1.165, 1.54) is 6.08 Å². The quantitative estimate of drug-likeness (QED) is 0.453. The van der Waals surface area contributed by atoms with E-state index in [0.29, 0.717) is 42.7 Å². The highest BCUT2D eigenvalue weighted by atomic mass is 35.5. The number of halogens is 1. The molecule has 0 radical (unpaired) electrons. The minimum absolute atomic E-state index is 0.230. The van der Waals surface area contributed by atoms with Gasteiger partial charge in [0.15, 0.2) is 0 Å². The van der Waals surface area contributed by atoms with Gasteiger partial charge in [-0.1, -0.05) is 29.8 Å². The normalized spacial score (nSPS) is 17.5. The second-order valence-corrected chi connectivity index (χ2v) is 9.61. The van der Waals surface area contributed by atoms with Gasteiger partial charge in [-0.2, -0.15) is 0 Å². The summed E-state index contributed by atoms with van der Waals surface area (Å²) in [6.45, 7) is 2.22. The van der Waals surface area contributed by atoms with Crippen molar-refractivity contribution in [3.8, 4) is 11.3 Å². The summed E-state index contributed by atoms with van der Waals surface area (Å²) < 4.78 is 5.82. The molecule has 9 heteroatoms.